The summed E-state index contributed by atoms with van der Waals surface area (Å²) in [5.74, 6) is 1.22. The SMILES string of the molecule is COc1c(C)c(-c2ccc(NCc3ccco3)cc2)c(OC)c(C)c1/C=C(\C)C(=O)O. The molecule has 0 saturated carbocycles. The highest BCUT2D eigenvalue weighted by Gasteiger charge is 2.22. The summed E-state index contributed by atoms with van der Waals surface area (Å²) >= 11 is 0. The molecule has 0 saturated heterocycles. The standard InChI is InChI=1S/C25H27NO5/c1-15(25(27)28)13-21-16(2)24(30-5)22(17(3)23(21)29-4)18-8-10-19(11-9-18)26-14-20-7-6-12-31-20/h6-13,26H,14H2,1-5H3,(H,27,28)/b15-13+. The van der Waals surface area contributed by atoms with Crippen molar-refractivity contribution in [3.63, 3.8) is 0 Å². The highest BCUT2D eigenvalue weighted by molar-refractivity contribution is 5.93. The van der Waals surface area contributed by atoms with Crippen molar-refractivity contribution >= 4 is 17.7 Å². The lowest BCUT2D eigenvalue weighted by Gasteiger charge is -2.21. The smallest absolute Gasteiger partial charge is 0.331 e. The lowest BCUT2D eigenvalue weighted by atomic mass is 9.91. The third-order valence-electron chi connectivity index (χ3n) is 5.26. The van der Waals surface area contributed by atoms with Crippen molar-refractivity contribution in [2.24, 2.45) is 0 Å². The predicted molar refractivity (Wildman–Crippen MR) is 122 cm³/mol. The van der Waals surface area contributed by atoms with E-state index in [1.807, 2.05) is 50.2 Å². The highest BCUT2D eigenvalue weighted by atomic mass is 16.5. The second-order valence-corrected chi connectivity index (χ2v) is 7.25. The van der Waals surface area contributed by atoms with Gasteiger partial charge in [-0.15, -0.1) is 0 Å². The number of anilines is 1. The number of methoxy groups -OCH3 is 2. The molecule has 0 unspecified atom stereocenters. The molecular formula is C25H27NO5. The molecule has 0 atom stereocenters. The van der Waals surface area contributed by atoms with Gasteiger partial charge in [0, 0.05) is 33.5 Å². The van der Waals surface area contributed by atoms with Gasteiger partial charge in [-0.3, -0.25) is 0 Å². The second-order valence-electron chi connectivity index (χ2n) is 7.25. The van der Waals surface area contributed by atoms with E-state index in [-0.39, 0.29) is 5.57 Å². The summed E-state index contributed by atoms with van der Waals surface area (Å²) in [5.41, 5.74) is 5.49. The average Bonchev–Trinajstić information content (AvgIpc) is 3.28. The van der Waals surface area contributed by atoms with Crippen molar-refractivity contribution in [3.05, 3.63) is 70.7 Å². The van der Waals surface area contributed by atoms with Gasteiger partial charge in [-0.1, -0.05) is 12.1 Å². The van der Waals surface area contributed by atoms with Gasteiger partial charge in [0.25, 0.3) is 0 Å². The van der Waals surface area contributed by atoms with E-state index < -0.39 is 5.97 Å². The van der Waals surface area contributed by atoms with Crippen LogP contribution in [0.25, 0.3) is 17.2 Å². The molecule has 0 amide bonds. The van der Waals surface area contributed by atoms with Crippen molar-refractivity contribution in [1.29, 1.82) is 0 Å². The topological polar surface area (TPSA) is 80.9 Å². The Morgan fingerprint density at radius 1 is 1.06 bits per heavy atom. The molecule has 0 radical (unpaired) electrons. The molecule has 2 aromatic carbocycles. The number of carbonyl (C=O) groups is 1. The van der Waals surface area contributed by atoms with E-state index in [4.69, 9.17) is 13.9 Å². The Bertz CT molecular complexity index is 1100. The summed E-state index contributed by atoms with van der Waals surface area (Å²) in [6.45, 7) is 6.02. The van der Waals surface area contributed by atoms with E-state index in [9.17, 15) is 9.90 Å². The van der Waals surface area contributed by atoms with Crippen LogP contribution < -0.4 is 14.8 Å². The van der Waals surface area contributed by atoms with Gasteiger partial charge in [0.05, 0.1) is 27.0 Å². The van der Waals surface area contributed by atoms with Gasteiger partial charge >= 0.3 is 5.97 Å². The number of rotatable bonds is 8. The van der Waals surface area contributed by atoms with Gasteiger partial charge in [-0.25, -0.2) is 4.79 Å². The number of nitrogens with one attached hydrogen (secondary N) is 1. The summed E-state index contributed by atoms with van der Waals surface area (Å²) in [7, 11) is 3.21. The van der Waals surface area contributed by atoms with Gasteiger partial charge in [0.2, 0.25) is 0 Å². The maximum Gasteiger partial charge on any atom is 0.331 e. The molecule has 1 aromatic heterocycles. The largest absolute Gasteiger partial charge is 0.496 e. The van der Waals surface area contributed by atoms with Crippen molar-refractivity contribution in [2.45, 2.75) is 27.3 Å². The van der Waals surface area contributed by atoms with E-state index in [0.717, 1.165) is 33.7 Å². The van der Waals surface area contributed by atoms with Crippen LogP contribution in [0.15, 0.2) is 52.7 Å². The first-order valence-corrected chi connectivity index (χ1v) is 9.90. The zero-order valence-electron chi connectivity index (χ0n) is 18.4. The van der Waals surface area contributed by atoms with Crippen molar-refractivity contribution < 1.29 is 23.8 Å². The Kier molecular flexibility index (Phi) is 6.70. The van der Waals surface area contributed by atoms with Crippen molar-refractivity contribution in [1.82, 2.24) is 0 Å². The number of aliphatic carboxylic acids is 1. The molecule has 0 spiro atoms. The summed E-state index contributed by atoms with van der Waals surface area (Å²) in [6, 6.07) is 11.8. The Hall–Kier alpha value is -3.67. The maximum absolute atomic E-state index is 11.4. The van der Waals surface area contributed by atoms with Crippen LogP contribution in [0.1, 0.15) is 29.4 Å². The number of carboxylic acid groups (broad SMARTS) is 1. The zero-order chi connectivity index (χ0) is 22.5. The number of ether oxygens (including phenoxy) is 2. The van der Waals surface area contributed by atoms with E-state index in [0.29, 0.717) is 23.6 Å². The normalized spacial score (nSPS) is 11.3. The molecule has 6 heteroatoms. The van der Waals surface area contributed by atoms with Crippen LogP contribution in [-0.4, -0.2) is 25.3 Å². The third-order valence-corrected chi connectivity index (χ3v) is 5.26. The van der Waals surface area contributed by atoms with E-state index in [1.165, 1.54) is 0 Å². The first-order chi connectivity index (χ1) is 14.9. The molecule has 2 N–H and O–H groups in total. The Labute approximate surface area is 182 Å². The molecule has 0 fully saturated rings. The van der Waals surface area contributed by atoms with Gasteiger partial charge < -0.3 is 24.3 Å². The highest BCUT2D eigenvalue weighted by Crippen LogP contribution is 2.44. The van der Waals surface area contributed by atoms with Crippen LogP contribution >= 0.6 is 0 Å². The molecule has 1 heterocycles. The number of furan rings is 1. The van der Waals surface area contributed by atoms with Crippen LogP contribution in [0, 0.1) is 13.8 Å². The summed E-state index contributed by atoms with van der Waals surface area (Å²) < 4.78 is 16.8. The summed E-state index contributed by atoms with van der Waals surface area (Å²) in [4.78, 5) is 11.4. The maximum atomic E-state index is 11.4. The lowest BCUT2D eigenvalue weighted by Crippen LogP contribution is -2.03. The Morgan fingerprint density at radius 2 is 1.74 bits per heavy atom. The van der Waals surface area contributed by atoms with Crippen LogP contribution in [0.5, 0.6) is 11.5 Å². The fraction of sp³-hybridized carbons (Fsp3) is 0.240. The van der Waals surface area contributed by atoms with E-state index in [1.54, 1.807) is 33.5 Å². The number of hydrogen-bond donors (Lipinski definition) is 2. The molecule has 3 rings (SSSR count). The first kappa shape index (κ1) is 22.0. The fourth-order valence-electron chi connectivity index (χ4n) is 3.64. The lowest BCUT2D eigenvalue weighted by molar-refractivity contribution is -0.132. The average molecular weight is 421 g/mol. The molecule has 0 aliphatic rings. The van der Waals surface area contributed by atoms with E-state index in [2.05, 4.69) is 5.32 Å². The van der Waals surface area contributed by atoms with Crippen molar-refractivity contribution in [2.75, 3.05) is 19.5 Å². The minimum absolute atomic E-state index is 0.225. The second kappa shape index (κ2) is 9.43. The Morgan fingerprint density at radius 3 is 2.29 bits per heavy atom. The zero-order valence-corrected chi connectivity index (χ0v) is 18.4. The number of carboxylic acids is 1. The monoisotopic (exact) mass is 421 g/mol. The van der Waals surface area contributed by atoms with Crippen LogP contribution in [0.4, 0.5) is 5.69 Å². The van der Waals surface area contributed by atoms with Crippen LogP contribution in [-0.2, 0) is 11.3 Å². The Balaban J connectivity index is 2.03. The first-order valence-electron chi connectivity index (χ1n) is 9.90. The molecule has 0 aliphatic carbocycles. The van der Waals surface area contributed by atoms with Gasteiger partial charge in [0.15, 0.2) is 0 Å². The van der Waals surface area contributed by atoms with Gasteiger partial charge in [-0.05, 0) is 56.7 Å². The fourth-order valence-corrected chi connectivity index (χ4v) is 3.64. The predicted octanol–water partition coefficient (Wildman–Crippen LogP) is 5.68. The van der Waals surface area contributed by atoms with Gasteiger partial charge in [-0.2, -0.15) is 0 Å². The van der Waals surface area contributed by atoms with Crippen LogP contribution in [0.3, 0.4) is 0 Å². The molecular weight excluding hydrogens is 394 g/mol. The van der Waals surface area contributed by atoms with E-state index >= 15 is 0 Å². The summed E-state index contributed by atoms with van der Waals surface area (Å²) in [6.07, 6.45) is 3.28. The molecule has 162 valence electrons. The van der Waals surface area contributed by atoms with Crippen LogP contribution in [0.2, 0.25) is 0 Å². The molecule has 3 aromatic rings. The quantitative estimate of drug-likeness (QED) is 0.456. The minimum Gasteiger partial charge on any atom is -0.496 e. The molecule has 0 aliphatic heterocycles. The number of benzene rings is 2. The minimum atomic E-state index is -0.972. The third kappa shape index (κ3) is 4.58. The molecule has 0 bridgehead atoms. The van der Waals surface area contributed by atoms with Crippen molar-refractivity contribution in [3.8, 4) is 22.6 Å². The van der Waals surface area contributed by atoms with Gasteiger partial charge in [0.1, 0.15) is 17.3 Å². The molecule has 6 nitrogen and oxygen atoms in total. The number of hydrogen-bond acceptors (Lipinski definition) is 5. The molecule has 31 heavy (non-hydrogen) atoms. The summed E-state index contributed by atoms with van der Waals surface area (Å²) in [5, 5.41) is 12.6.